The summed E-state index contributed by atoms with van der Waals surface area (Å²) in [6.07, 6.45) is 3.75. The van der Waals surface area contributed by atoms with E-state index in [-0.39, 0.29) is 22.4 Å². The molecule has 2 aromatic carbocycles. The van der Waals surface area contributed by atoms with E-state index in [1.54, 1.807) is 11.1 Å². The molecule has 2 heteroatoms. The highest BCUT2D eigenvalue weighted by Gasteiger charge is 2.46. The first kappa shape index (κ1) is 15.8. The molecule has 1 fully saturated rings. The average molecular weight is 358 g/mol. The number of likely N-dealkylation sites (tertiary alicyclic amines) is 1. The molecule has 2 aliphatic rings. The van der Waals surface area contributed by atoms with Crippen molar-refractivity contribution in [2.45, 2.75) is 37.6 Å². The van der Waals surface area contributed by atoms with Gasteiger partial charge in [0, 0.05) is 11.5 Å². The van der Waals surface area contributed by atoms with Gasteiger partial charge in [0.15, 0.2) is 0 Å². The average Bonchev–Trinajstić information content (AvgIpc) is 2.56. The Hall–Kier alpha value is -1.12. The summed E-state index contributed by atoms with van der Waals surface area (Å²) in [5.74, 6) is 0. The lowest BCUT2D eigenvalue weighted by Crippen LogP contribution is -2.53. The van der Waals surface area contributed by atoms with Gasteiger partial charge in [-0.15, -0.1) is 17.0 Å². The van der Waals surface area contributed by atoms with Crippen LogP contribution in [0.1, 0.15) is 36.5 Å². The summed E-state index contributed by atoms with van der Waals surface area (Å²) >= 11 is 0. The third-order valence-corrected chi connectivity index (χ3v) is 5.65. The van der Waals surface area contributed by atoms with Crippen LogP contribution in [-0.4, -0.2) is 24.0 Å². The maximum absolute atomic E-state index is 2.68. The highest BCUT2D eigenvalue weighted by Crippen LogP contribution is 2.48. The molecule has 0 aromatic heterocycles. The largest absolute Gasteiger partial charge is 0.300 e. The first-order valence-corrected chi connectivity index (χ1v) is 8.21. The highest BCUT2D eigenvalue weighted by atomic mass is 79.9. The Balaban J connectivity index is 0.00000144. The summed E-state index contributed by atoms with van der Waals surface area (Å²) in [4.78, 5) is 2.68. The molecule has 2 unspecified atom stereocenters. The normalized spacial score (nSPS) is 26.9. The van der Waals surface area contributed by atoms with Crippen LogP contribution in [0.4, 0.5) is 0 Å². The lowest BCUT2D eigenvalue weighted by atomic mass is 9.60. The van der Waals surface area contributed by atoms with Gasteiger partial charge in [-0.3, -0.25) is 0 Å². The van der Waals surface area contributed by atoms with Crippen molar-refractivity contribution in [3.63, 3.8) is 0 Å². The molecule has 1 aliphatic heterocycles. The van der Waals surface area contributed by atoms with Crippen LogP contribution >= 0.6 is 17.0 Å². The van der Waals surface area contributed by atoms with E-state index < -0.39 is 0 Å². The summed E-state index contributed by atoms with van der Waals surface area (Å²) in [6.45, 7) is 4.71. The van der Waals surface area contributed by atoms with Gasteiger partial charge in [0.2, 0.25) is 0 Å². The van der Waals surface area contributed by atoms with Crippen molar-refractivity contribution >= 4 is 17.0 Å². The molecule has 1 saturated heterocycles. The lowest BCUT2D eigenvalue weighted by Gasteiger charge is -2.51. The Morgan fingerprint density at radius 2 is 1.77 bits per heavy atom. The Labute approximate surface area is 144 Å². The van der Waals surface area contributed by atoms with Gasteiger partial charge in [-0.1, -0.05) is 61.5 Å². The van der Waals surface area contributed by atoms with Crippen molar-refractivity contribution in [2.75, 3.05) is 13.1 Å². The molecule has 1 nitrogen and oxygen atoms in total. The lowest BCUT2D eigenvalue weighted by molar-refractivity contribution is 0.102. The maximum Gasteiger partial charge on any atom is 0.0232 e. The molecule has 1 heterocycles. The first-order valence-electron chi connectivity index (χ1n) is 8.21. The van der Waals surface area contributed by atoms with Crippen LogP contribution in [0.3, 0.4) is 0 Å². The quantitative estimate of drug-likeness (QED) is 0.759. The predicted molar refractivity (Wildman–Crippen MR) is 98.0 cm³/mol. The SMILES string of the molecule is Br.CCN1CCC2(c3ccccc3)CC1Cc1ccccc12. The number of hydrogen-bond donors (Lipinski definition) is 0. The van der Waals surface area contributed by atoms with E-state index in [9.17, 15) is 0 Å². The zero-order valence-electron chi connectivity index (χ0n) is 13.2. The molecular weight excluding hydrogens is 334 g/mol. The molecule has 2 atom stereocenters. The Kier molecular flexibility index (Phi) is 4.42. The van der Waals surface area contributed by atoms with Crippen LogP contribution in [0.5, 0.6) is 0 Å². The minimum absolute atomic E-state index is 0. The molecule has 116 valence electrons. The minimum atomic E-state index is 0. The molecule has 1 aliphatic carbocycles. The van der Waals surface area contributed by atoms with Gasteiger partial charge in [0.05, 0.1) is 0 Å². The van der Waals surface area contributed by atoms with Gasteiger partial charge < -0.3 is 4.90 Å². The fraction of sp³-hybridized carbons (Fsp3) is 0.400. The fourth-order valence-electron chi connectivity index (χ4n) is 4.61. The Bertz CT molecular complexity index is 639. The summed E-state index contributed by atoms with van der Waals surface area (Å²) < 4.78 is 0. The van der Waals surface area contributed by atoms with E-state index in [4.69, 9.17) is 0 Å². The summed E-state index contributed by atoms with van der Waals surface area (Å²) in [5.41, 5.74) is 4.91. The first-order chi connectivity index (χ1) is 10.3. The molecular formula is C20H24BrN. The van der Waals surface area contributed by atoms with E-state index in [2.05, 4.69) is 66.4 Å². The molecule has 0 saturated carbocycles. The van der Waals surface area contributed by atoms with Crippen molar-refractivity contribution in [1.82, 2.24) is 4.90 Å². The number of rotatable bonds is 2. The van der Waals surface area contributed by atoms with Gasteiger partial charge in [0.25, 0.3) is 0 Å². The van der Waals surface area contributed by atoms with Crippen molar-refractivity contribution in [3.8, 4) is 0 Å². The number of halogens is 1. The number of fused-ring (bicyclic) bond motifs is 4. The summed E-state index contributed by atoms with van der Waals surface area (Å²) in [6, 6.07) is 21.0. The molecule has 4 rings (SSSR count). The van der Waals surface area contributed by atoms with E-state index in [0.717, 1.165) is 0 Å². The standard InChI is InChI=1S/C20H23N.BrH/c1-2-21-13-12-20(17-9-4-3-5-10-17)15-18(21)14-16-8-6-7-11-19(16)20;/h3-11,18H,2,12-15H2,1H3;1H. The smallest absolute Gasteiger partial charge is 0.0232 e. The predicted octanol–water partition coefficient (Wildman–Crippen LogP) is 4.59. The molecule has 2 aromatic rings. The van der Waals surface area contributed by atoms with Crippen LogP contribution in [0, 0.1) is 0 Å². The topological polar surface area (TPSA) is 3.24 Å². The van der Waals surface area contributed by atoms with Crippen molar-refractivity contribution in [1.29, 1.82) is 0 Å². The summed E-state index contributed by atoms with van der Waals surface area (Å²) in [5, 5.41) is 0. The molecule has 0 spiro atoms. The second kappa shape index (κ2) is 6.17. The number of piperidine rings is 1. The maximum atomic E-state index is 2.68. The van der Waals surface area contributed by atoms with Gasteiger partial charge in [-0.25, -0.2) is 0 Å². The Morgan fingerprint density at radius 3 is 2.55 bits per heavy atom. The van der Waals surface area contributed by atoms with Crippen molar-refractivity contribution in [3.05, 3.63) is 71.3 Å². The fourth-order valence-corrected chi connectivity index (χ4v) is 4.61. The van der Waals surface area contributed by atoms with Gasteiger partial charge >= 0.3 is 0 Å². The molecule has 22 heavy (non-hydrogen) atoms. The van der Waals surface area contributed by atoms with Gasteiger partial charge in [-0.2, -0.15) is 0 Å². The number of likely N-dealkylation sites (N-methyl/N-ethyl adjacent to an activating group) is 1. The van der Waals surface area contributed by atoms with Gasteiger partial charge in [0.1, 0.15) is 0 Å². The number of hydrogen-bond acceptors (Lipinski definition) is 1. The van der Waals surface area contributed by atoms with Crippen LogP contribution in [-0.2, 0) is 11.8 Å². The monoisotopic (exact) mass is 357 g/mol. The zero-order valence-corrected chi connectivity index (χ0v) is 14.9. The Morgan fingerprint density at radius 1 is 1.05 bits per heavy atom. The van der Waals surface area contributed by atoms with E-state index in [0.29, 0.717) is 6.04 Å². The highest BCUT2D eigenvalue weighted by molar-refractivity contribution is 8.93. The zero-order chi connectivity index (χ0) is 14.3. The summed E-state index contributed by atoms with van der Waals surface area (Å²) in [7, 11) is 0. The van der Waals surface area contributed by atoms with E-state index in [1.165, 1.54) is 37.9 Å². The number of nitrogens with zero attached hydrogens (tertiary/aromatic N) is 1. The van der Waals surface area contributed by atoms with Crippen LogP contribution in [0.2, 0.25) is 0 Å². The molecule has 0 amide bonds. The molecule has 2 bridgehead atoms. The number of benzene rings is 2. The third-order valence-electron chi connectivity index (χ3n) is 5.65. The van der Waals surface area contributed by atoms with Crippen LogP contribution < -0.4 is 0 Å². The second-order valence-corrected chi connectivity index (χ2v) is 6.55. The van der Waals surface area contributed by atoms with Gasteiger partial charge in [-0.05, 0) is 49.0 Å². The van der Waals surface area contributed by atoms with E-state index >= 15 is 0 Å². The van der Waals surface area contributed by atoms with Crippen LogP contribution in [0.25, 0.3) is 0 Å². The molecule has 0 radical (unpaired) electrons. The van der Waals surface area contributed by atoms with E-state index in [1.807, 2.05) is 0 Å². The van der Waals surface area contributed by atoms with Crippen molar-refractivity contribution < 1.29 is 0 Å². The third kappa shape index (κ3) is 2.33. The van der Waals surface area contributed by atoms with Crippen LogP contribution in [0.15, 0.2) is 54.6 Å². The minimum Gasteiger partial charge on any atom is -0.300 e. The van der Waals surface area contributed by atoms with Crippen molar-refractivity contribution in [2.24, 2.45) is 0 Å². The molecule has 0 N–H and O–H groups in total. The second-order valence-electron chi connectivity index (χ2n) is 6.55.